The number of aliphatic hydroxyl groups is 1. The Kier molecular flexibility index (Phi) is 6.59. The molecule has 6 heteroatoms. The van der Waals surface area contributed by atoms with Gasteiger partial charge < -0.3 is 23.9 Å². The van der Waals surface area contributed by atoms with E-state index in [4.69, 9.17) is 13.9 Å². The SMILES string of the molecule is Cc1cccc(Oc2coc3cc(OCC(O)C[NH+]4CCC(C)CC4)ccc3c2=O)c1. The highest BCUT2D eigenvalue weighted by Crippen LogP contribution is 2.24. The van der Waals surface area contributed by atoms with Crippen molar-refractivity contribution >= 4 is 11.0 Å². The van der Waals surface area contributed by atoms with Gasteiger partial charge in [-0.1, -0.05) is 19.1 Å². The Labute approximate surface area is 182 Å². The third kappa shape index (κ3) is 5.46. The number of aliphatic hydroxyl groups excluding tert-OH is 1. The summed E-state index contributed by atoms with van der Waals surface area (Å²) in [5, 5.41) is 10.8. The van der Waals surface area contributed by atoms with Gasteiger partial charge in [0.15, 0.2) is 0 Å². The summed E-state index contributed by atoms with van der Waals surface area (Å²) in [4.78, 5) is 14.2. The number of rotatable bonds is 7. The maximum atomic E-state index is 12.8. The lowest BCUT2D eigenvalue weighted by Crippen LogP contribution is -3.14. The van der Waals surface area contributed by atoms with Crippen LogP contribution >= 0.6 is 0 Å². The van der Waals surface area contributed by atoms with Crippen LogP contribution in [0.25, 0.3) is 11.0 Å². The molecule has 31 heavy (non-hydrogen) atoms. The molecule has 3 aromatic rings. The second kappa shape index (κ2) is 9.54. The Hall–Kier alpha value is -2.83. The van der Waals surface area contributed by atoms with Crippen LogP contribution in [0.4, 0.5) is 0 Å². The summed E-state index contributed by atoms with van der Waals surface area (Å²) in [7, 11) is 0. The number of fused-ring (bicyclic) bond motifs is 1. The molecule has 0 aliphatic carbocycles. The molecule has 0 saturated carbocycles. The van der Waals surface area contributed by atoms with Crippen LogP contribution in [-0.4, -0.2) is 37.5 Å². The Morgan fingerprint density at radius 1 is 1.16 bits per heavy atom. The molecule has 1 saturated heterocycles. The quantitative estimate of drug-likeness (QED) is 0.610. The molecular formula is C25H30NO5+. The lowest BCUT2D eigenvalue weighted by Gasteiger charge is -2.28. The number of likely N-dealkylation sites (tertiary alicyclic amines) is 1. The van der Waals surface area contributed by atoms with Crippen LogP contribution < -0.4 is 19.8 Å². The highest BCUT2D eigenvalue weighted by Gasteiger charge is 2.22. The topological polar surface area (TPSA) is 73.3 Å². The minimum Gasteiger partial charge on any atom is -0.491 e. The van der Waals surface area contributed by atoms with Gasteiger partial charge in [0, 0.05) is 6.07 Å². The van der Waals surface area contributed by atoms with Crippen molar-refractivity contribution in [2.45, 2.75) is 32.8 Å². The third-order valence-electron chi connectivity index (χ3n) is 5.88. The van der Waals surface area contributed by atoms with Gasteiger partial charge in [-0.3, -0.25) is 4.79 Å². The number of benzene rings is 2. The number of hydrogen-bond donors (Lipinski definition) is 2. The Morgan fingerprint density at radius 3 is 2.74 bits per heavy atom. The van der Waals surface area contributed by atoms with Gasteiger partial charge in [0.2, 0.25) is 11.2 Å². The zero-order valence-electron chi connectivity index (χ0n) is 18.1. The number of piperidine rings is 1. The molecule has 164 valence electrons. The highest BCUT2D eigenvalue weighted by molar-refractivity contribution is 5.79. The number of nitrogens with one attached hydrogen (secondary N) is 1. The fourth-order valence-corrected chi connectivity index (χ4v) is 4.02. The van der Waals surface area contributed by atoms with Gasteiger partial charge >= 0.3 is 0 Å². The summed E-state index contributed by atoms with van der Waals surface area (Å²) in [5.74, 6) is 2.07. The molecule has 6 nitrogen and oxygen atoms in total. The first-order valence-corrected chi connectivity index (χ1v) is 10.9. The minimum absolute atomic E-state index is 0.140. The van der Waals surface area contributed by atoms with E-state index in [1.165, 1.54) is 24.0 Å². The molecule has 1 unspecified atom stereocenters. The monoisotopic (exact) mass is 424 g/mol. The Balaban J connectivity index is 1.39. The Morgan fingerprint density at radius 2 is 1.97 bits per heavy atom. The first-order chi connectivity index (χ1) is 15.0. The molecule has 2 N–H and O–H groups in total. The molecule has 1 atom stereocenters. The van der Waals surface area contributed by atoms with E-state index in [9.17, 15) is 9.90 Å². The van der Waals surface area contributed by atoms with E-state index < -0.39 is 6.10 Å². The zero-order chi connectivity index (χ0) is 21.8. The molecule has 1 aliphatic heterocycles. The van der Waals surface area contributed by atoms with Crippen LogP contribution in [-0.2, 0) is 0 Å². The standard InChI is InChI=1S/C25H29NO5/c1-17-8-10-26(11-9-17)14-19(27)15-29-20-6-7-22-23(13-20)30-16-24(25(22)28)31-21-5-3-4-18(2)12-21/h3-7,12-13,16-17,19,27H,8-11,14-15H2,1-2H3/p+1. The summed E-state index contributed by atoms with van der Waals surface area (Å²) in [6.45, 7) is 7.35. The Bertz CT molecular complexity index is 1080. The lowest BCUT2D eigenvalue weighted by atomic mass is 9.99. The van der Waals surface area contributed by atoms with E-state index in [-0.39, 0.29) is 17.8 Å². The van der Waals surface area contributed by atoms with Crippen molar-refractivity contribution in [3.8, 4) is 17.2 Å². The summed E-state index contributed by atoms with van der Waals surface area (Å²) in [6, 6.07) is 12.6. The second-order valence-corrected chi connectivity index (χ2v) is 8.61. The van der Waals surface area contributed by atoms with Crippen LogP contribution in [0.1, 0.15) is 25.3 Å². The largest absolute Gasteiger partial charge is 0.491 e. The molecule has 0 spiro atoms. The van der Waals surface area contributed by atoms with Crippen molar-refractivity contribution in [2.75, 3.05) is 26.2 Å². The zero-order valence-corrected chi connectivity index (χ0v) is 18.1. The van der Waals surface area contributed by atoms with Crippen LogP contribution in [0.2, 0.25) is 0 Å². The van der Waals surface area contributed by atoms with E-state index in [1.54, 1.807) is 24.3 Å². The van der Waals surface area contributed by atoms with E-state index in [2.05, 4.69) is 6.92 Å². The average Bonchev–Trinajstić information content (AvgIpc) is 2.76. The number of quaternary nitrogens is 1. The predicted molar refractivity (Wildman–Crippen MR) is 119 cm³/mol. The van der Waals surface area contributed by atoms with Gasteiger partial charge in [0.1, 0.15) is 42.6 Å². The summed E-state index contributed by atoms with van der Waals surface area (Å²) >= 11 is 0. The second-order valence-electron chi connectivity index (χ2n) is 8.61. The van der Waals surface area contributed by atoms with Gasteiger partial charge in [-0.25, -0.2) is 0 Å². The first-order valence-electron chi connectivity index (χ1n) is 10.9. The summed E-state index contributed by atoms with van der Waals surface area (Å²) < 4.78 is 17.1. The fourth-order valence-electron chi connectivity index (χ4n) is 4.02. The van der Waals surface area contributed by atoms with Crippen LogP contribution in [0.5, 0.6) is 17.2 Å². The molecule has 1 aromatic heterocycles. The molecule has 2 heterocycles. The van der Waals surface area contributed by atoms with Gasteiger partial charge in [0.05, 0.1) is 18.5 Å². The molecule has 0 radical (unpaired) electrons. The maximum Gasteiger partial charge on any atom is 0.235 e. The van der Waals surface area contributed by atoms with Gasteiger partial charge in [-0.2, -0.15) is 0 Å². The van der Waals surface area contributed by atoms with E-state index in [1.807, 2.05) is 25.1 Å². The van der Waals surface area contributed by atoms with Crippen molar-refractivity contribution in [3.05, 3.63) is 64.5 Å². The van der Waals surface area contributed by atoms with Crippen molar-refractivity contribution in [2.24, 2.45) is 5.92 Å². The number of aryl methyl sites for hydroxylation is 1. The first kappa shape index (κ1) is 21.4. The van der Waals surface area contributed by atoms with E-state index in [0.717, 1.165) is 24.6 Å². The highest BCUT2D eigenvalue weighted by atomic mass is 16.5. The fraction of sp³-hybridized carbons (Fsp3) is 0.400. The van der Waals surface area contributed by atoms with E-state index >= 15 is 0 Å². The van der Waals surface area contributed by atoms with Crippen LogP contribution in [0.3, 0.4) is 0 Å². The van der Waals surface area contributed by atoms with Crippen molar-refractivity contribution in [3.63, 3.8) is 0 Å². The predicted octanol–water partition coefficient (Wildman–Crippen LogP) is 2.95. The molecular weight excluding hydrogens is 394 g/mol. The van der Waals surface area contributed by atoms with Crippen molar-refractivity contribution in [1.29, 1.82) is 0 Å². The van der Waals surface area contributed by atoms with Crippen molar-refractivity contribution in [1.82, 2.24) is 0 Å². The molecule has 0 amide bonds. The lowest BCUT2D eigenvalue weighted by molar-refractivity contribution is -0.909. The van der Waals surface area contributed by atoms with Gasteiger partial charge in [-0.05, 0) is 55.5 Å². The van der Waals surface area contributed by atoms with Gasteiger partial charge in [0.25, 0.3) is 0 Å². The minimum atomic E-state index is -0.531. The van der Waals surface area contributed by atoms with Crippen LogP contribution in [0.15, 0.2) is 57.9 Å². The molecule has 2 aromatic carbocycles. The molecule has 1 aliphatic rings. The summed E-state index contributed by atoms with van der Waals surface area (Å²) in [6.07, 6.45) is 3.22. The molecule has 4 rings (SSSR count). The third-order valence-corrected chi connectivity index (χ3v) is 5.88. The average molecular weight is 425 g/mol. The number of ether oxygens (including phenoxy) is 2. The smallest absolute Gasteiger partial charge is 0.235 e. The summed E-state index contributed by atoms with van der Waals surface area (Å²) in [5.41, 5.74) is 1.23. The van der Waals surface area contributed by atoms with Crippen molar-refractivity contribution < 1.29 is 23.9 Å². The molecule has 1 fully saturated rings. The molecule has 0 bridgehead atoms. The maximum absolute atomic E-state index is 12.8. The van der Waals surface area contributed by atoms with E-state index in [0.29, 0.717) is 29.0 Å². The van der Waals surface area contributed by atoms with Gasteiger partial charge in [-0.15, -0.1) is 0 Å². The normalized spacial score (nSPS) is 19.8. The number of hydrogen-bond acceptors (Lipinski definition) is 5. The van der Waals surface area contributed by atoms with Crippen LogP contribution in [0, 0.1) is 12.8 Å².